The van der Waals surface area contributed by atoms with Crippen LogP contribution in [0.5, 0.6) is 0 Å². The molecule has 6 heteroatoms. The number of hydrogen-bond acceptors (Lipinski definition) is 5. The van der Waals surface area contributed by atoms with Crippen molar-refractivity contribution in [3.05, 3.63) is 41.5 Å². The fraction of sp³-hybridized carbons (Fsp3) is 0.500. The lowest BCUT2D eigenvalue weighted by molar-refractivity contribution is -0.136. The molecule has 26 heavy (non-hydrogen) atoms. The first-order chi connectivity index (χ1) is 12.2. The molecule has 0 saturated heterocycles. The highest BCUT2D eigenvalue weighted by molar-refractivity contribution is 7.98. The molecule has 144 valence electrons. The molecule has 1 aromatic carbocycles. The highest BCUT2D eigenvalue weighted by Crippen LogP contribution is 2.17. The number of amides is 1. The Morgan fingerprint density at radius 2 is 1.88 bits per heavy atom. The molecule has 0 aromatic heterocycles. The molecule has 1 atom stereocenters. The third-order valence-electron chi connectivity index (χ3n) is 3.45. The first-order valence-corrected chi connectivity index (χ1v) is 9.97. The number of benzene rings is 1. The van der Waals surface area contributed by atoms with Gasteiger partial charge in [0.05, 0.1) is 7.11 Å². The second kappa shape index (κ2) is 10.9. The average molecular weight is 380 g/mol. The summed E-state index contributed by atoms with van der Waals surface area (Å²) in [6.07, 6.45) is 4.43. The highest BCUT2D eigenvalue weighted by Gasteiger charge is 2.22. The fourth-order valence-electron chi connectivity index (χ4n) is 2.31. The molecule has 1 rings (SSSR count). The van der Waals surface area contributed by atoms with Gasteiger partial charge in [-0.05, 0) is 57.3 Å². The van der Waals surface area contributed by atoms with E-state index in [0.717, 1.165) is 17.7 Å². The van der Waals surface area contributed by atoms with Crippen LogP contribution in [0.4, 0.5) is 4.79 Å². The maximum absolute atomic E-state index is 12.2. The molecule has 1 N–H and O–H groups in total. The third-order valence-corrected chi connectivity index (χ3v) is 4.09. The standard InChI is InChI=1S/C20H29NO4S/c1-20(2,3)25-19(23)21-17(11-12-26-5)14-16(18(22)24-4)13-15-9-7-6-8-10-15/h6-10,13,17H,11-12,14H2,1-5H3,(H,21,23)/b16-13+. The Morgan fingerprint density at radius 1 is 1.23 bits per heavy atom. The van der Waals surface area contributed by atoms with E-state index in [4.69, 9.17) is 9.47 Å². The molecule has 1 amide bonds. The Balaban J connectivity index is 2.94. The van der Waals surface area contributed by atoms with Crippen LogP contribution in [-0.2, 0) is 14.3 Å². The summed E-state index contributed by atoms with van der Waals surface area (Å²) < 4.78 is 10.3. The van der Waals surface area contributed by atoms with Gasteiger partial charge < -0.3 is 14.8 Å². The Bertz CT molecular complexity index is 608. The van der Waals surface area contributed by atoms with Crippen molar-refractivity contribution in [1.82, 2.24) is 5.32 Å². The molecule has 5 nitrogen and oxygen atoms in total. The number of methoxy groups -OCH3 is 1. The molecular formula is C20H29NO4S. The van der Waals surface area contributed by atoms with Crippen molar-refractivity contribution >= 4 is 29.9 Å². The minimum Gasteiger partial charge on any atom is -0.466 e. The van der Waals surface area contributed by atoms with E-state index in [1.54, 1.807) is 17.8 Å². The minimum atomic E-state index is -0.570. The highest BCUT2D eigenvalue weighted by atomic mass is 32.2. The van der Waals surface area contributed by atoms with Crippen molar-refractivity contribution in [2.45, 2.75) is 45.3 Å². The van der Waals surface area contributed by atoms with Gasteiger partial charge >= 0.3 is 12.1 Å². The van der Waals surface area contributed by atoms with E-state index in [1.807, 2.05) is 57.4 Å². The van der Waals surface area contributed by atoms with Gasteiger partial charge in [-0.2, -0.15) is 11.8 Å². The Morgan fingerprint density at radius 3 is 2.42 bits per heavy atom. The monoisotopic (exact) mass is 379 g/mol. The number of alkyl carbamates (subject to hydrolysis) is 1. The van der Waals surface area contributed by atoms with Crippen molar-refractivity contribution in [3.8, 4) is 0 Å². The summed E-state index contributed by atoms with van der Waals surface area (Å²) in [4.78, 5) is 24.3. The molecule has 0 heterocycles. The maximum atomic E-state index is 12.2. The van der Waals surface area contributed by atoms with Crippen LogP contribution in [0.15, 0.2) is 35.9 Å². The second-order valence-corrected chi connectivity index (χ2v) is 7.89. The number of nitrogens with one attached hydrogen (secondary N) is 1. The number of carbonyl (C=O) groups is 2. The molecule has 0 aliphatic rings. The van der Waals surface area contributed by atoms with E-state index in [-0.39, 0.29) is 6.04 Å². The van der Waals surface area contributed by atoms with E-state index < -0.39 is 17.7 Å². The summed E-state index contributed by atoms with van der Waals surface area (Å²) in [6.45, 7) is 5.45. The molecule has 1 aromatic rings. The van der Waals surface area contributed by atoms with E-state index in [0.29, 0.717) is 12.0 Å². The third kappa shape index (κ3) is 8.94. The second-order valence-electron chi connectivity index (χ2n) is 6.90. The van der Waals surface area contributed by atoms with Crippen molar-refractivity contribution in [2.75, 3.05) is 19.1 Å². The van der Waals surface area contributed by atoms with Gasteiger partial charge in [-0.1, -0.05) is 30.3 Å². The molecule has 0 aliphatic heterocycles. The van der Waals surface area contributed by atoms with Gasteiger partial charge in [-0.3, -0.25) is 0 Å². The molecule has 0 spiro atoms. The molecular weight excluding hydrogens is 350 g/mol. The first-order valence-electron chi connectivity index (χ1n) is 8.57. The largest absolute Gasteiger partial charge is 0.466 e. The lowest BCUT2D eigenvalue weighted by Gasteiger charge is -2.24. The van der Waals surface area contributed by atoms with Crippen LogP contribution in [0.1, 0.15) is 39.2 Å². The van der Waals surface area contributed by atoms with E-state index in [2.05, 4.69) is 5.32 Å². The number of esters is 1. The van der Waals surface area contributed by atoms with E-state index in [1.165, 1.54) is 7.11 Å². The van der Waals surface area contributed by atoms with Crippen molar-refractivity contribution in [2.24, 2.45) is 0 Å². The maximum Gasteiger partial charge on any atom is 0.407 e. The average Bonchev–Trinajstić information content (AvgIpc) is 2.57. The SMILES string of the molecule is COC(=O)/C(=C/c1ccccc1)CC(CCSC)NC(=O)OC(C)(C)C. The zero-order chi connectivity index (χ0) is 19.6. The summed E-state index contributed by atoms with van der Waals surface area (Å²) in [6, 6.07) is 9.35. The predicted octanol–water partition coefficient (Wildman–Crippen LogP) is 4.28. The van der Waals surface area contributed by atoms with Crippen molar-refractivity contribution in [1.29, 1.82) is 0 Å². The van der Waals surface area contributed by atoms with Crippen LogP contribution in [0.3, 0.4) is 0 Å². The summed E-state index contributed by atoms with van der Waals surface area (Å²) in [5, 5.41) is 2.88. The number of ether oxygens (including phenoxy) is 2. The molecule has 0 bridgehead atoms. The van der Waals surface area contributed by atoms with Crippen LogP contribution in [0.2, 0.25) is 0 Å². The topological polar surface area (TPSA) is 64.6 Å². The van der Waals surface area contributed by atoms with Crippen LogP contribution in [0, 0.1) is 0 Å². The molecule has 0 radical (unpaired) electrons. The van der Waals surface area contributed by atoms with Gasteiger partial charge in [0.15, 0.2) is 0 Å². The molecule has 0 fully saturated rings. The van der Waals surface area contributed by atoms with E-state index in [9.17, 15) is 9.59 Å². The zero-order valence-electron chi connectivity index (χ0n) is 16.2. The Hall–Kier alpha value is -1.95. The number of hydrogen-bond donors (Lipinski definition) is 1. The molecule has 0 saturated carbocycles. The van der Waals surface area contributed by atoms with Gasteiger partial charge in [0.25, 0.3) is 0 Å². The van der Waals surface area contributed by atoms with Gasteiger partial charge in [0, 0.05) is 11.6 Å². The Kier molecular flexibility index (Phi) is 9.27. The van der Waals surface area contributed by atoms with Gasteiger partial charge in [-0.15, -0.1) is 0 Å². The van der Waals surface area contributed by atoms with Gasteiger partial charge in [0.2, 0.25) is 0 Å². The summed E-state index contributed by atoms with van der Waals surface area (Å²) in [7, 11) is 1.36. The Labute approximate surface area is 160 Å². The lowest BCUT2D eigenvalue weighted by atomic mass is 10.0. The van der Waals surface area contributed by atoms with Gasteiger partial charge in [0.1, 0.15) is 5.60 Å². The molecule has 0 aliphatic carbocycles. The normalized spacial score (nSPS) is 13.0. The summed E-state index contributed by atoms with van der Waals surface area (Å²) in [5.41, 5.74) is 0.855. The van der Waals surface area contributed by atoms with Crippen LogP contribution < -0.4 is 5.32 Å². The van der Waals surface area contributed by atoms with Crippen LogP contribution >= 0.6 is 11.8 Å². The summed E-state index contributed by atoms with van der Waals surface area (Å²) >= 11 is 1.69. The van der Waals surface area contributed by atoms with Crippen molar-refractivity contribution in [3.63, 3.8) is 0 Å². The summed E-state index contributed by atoms with van der Waals surface area (Å²) in [5.74, 6) is 0.467. The smallest absolute Gasteiger partial charge is 0.407 e. The quantitative estimate of drug-likeness (QED) is 0.539. The fourth-order valence-corrected chi connectivity index (χ4v) is 2.83. The lowest BCUT2D eigenvalue weighted by Crippen LogP contribution is -2.40. The van der Waals surface area contributed by atoms with Gasteiger partial charge in [-0.25, -0.2) is 9.59 Å². The minimum absolute atomic E-state index is 0.216. The number of thioether (sulfide) groups is 1. The number of rotatable bonds is 8. The first kappa shape index (κ1) is 22.1. The number of carbonyl (C=O) groups excluding carboxylic acids is 2. The zero-order valence-corrected chi connectivity index (χ0v) is 17.0. The van der Waals surface area contributed by atoms with E-state index >= 15 is 0 Å². The van der Waals surface area contributed by atoms with Crippen molar-refractivity contribution < 1.29 is 19.1 Å². The van der Waals surface area contributed by atoms with Crippen LogP contribution in [0.25, 0.3) is 6.08 Å². The predicted molar refractivity (Wildman–Crippen MR) is 107 cm³/mol. The van der Waals surface area contributed by atoms with Crippen LogP contribution in [-0.4, -0.2) is 42.8 Å². The molecule has 1 unspecified atom stereocenters.